The highest BCUT2D eigenvalue weighted by atomic mass is 79.9. The first-order valence-corrected chi connectivity index (χ1v) is 8.22. The fraction of sp³-hybridized carbons (Fsp3) is 0.353. The minimum Gasteiger partial charge on any atom is -0.352 e. The van der Waals surface area contributed by atoms with Crippen LogP contribution in [0.5, 0.6) is 0 Å². The largest absolute Gasteiger partial charge is 0.352 e. The van der Waals surface area contributed by atoms with E-state index in [1.807, 2.05) is 51.2 Å². The van der Waals surface area contributed by atoms with Crippen molar-refractivity contribution < 1.29 is 4.79 Å². The molecule has 1 aromatic carbocycles. The van der Waals surface area contributed by atoms with Gasteiger partial charge in [0.05, 0.1) is 11.3 Å². The lowest BCUT2D eigenvalue weighted by Gasteiger charge is -2.12. The summed E-state index contributed by atoms with van der Waals surface area (Å²) in [5.74, 6) is -0.0116. The standard InChI is InChI=1S/C17H22BrN3O.ClH/c1-12-11-14(17(22)20-10-6-9-19-3)13(2)21(12)16-8-5-4-7-15(16)18;/h4-5,7-8,11,19H,6,9-10H2,1-3H3,(H,20,22);1H. The molecule has 0 saturated heterocycles. The van der Waals surface area contributed by atoms with Gasteiger partial charge in [-0.25, -0.2) is 0 Å². The van der Waals surface area contributed by atoms with E-state index in [2.05, 4.69) is 31.1 Å². The third kappa shape index (κ3) is 4.59. The number of hydrogen-bond donors (Lipinski definition) is 2. The van der Waals surface area contributed by atoms with E-state index < -0.39 is 0 Å². The van der Waals surface area contributed by atoms with Crippen LogP contribution in [0, 0.1) is 13.8 Å². The summed E-state index contributed by atoms with van der Waals surface area (Å²) >= 11 is 3.58. The first-order chi connectivity index (χ1) is 10.6. The molecule has 0 saturated carbocycles. The van der Waals surface area contributed by atoms with E-state index >= 15 is 0 Å². The van der Waals surface area contributed by atoms with Crippen molar-refractivity contribution in [1.29, 1.82) is 0 Å². The number of carbonyl (C=O) groups is 1. The average molecular weight is 401 g/mol. The topological polar surface area (TPSA) is 46.1 Å². The number of halogens is 2. The highest BCUT2D eigenvalue weighted by Crippen LogP contribution is 2.26. The highest BCUT2D eigenvalue weighted by molar-refractivity contribution is 9.10. The Kier molecular flexibility index (Phi) is 7.82. The number of nitrogens with zero attached hydrogens (tertiary/aromatic N) is 1. The summed E-state index contributed by atoms with van der Waals surface area (Å²) in [6.45, 7) is 5.58. The summed E-state index contributed by atoms with van der Waals surface area (Å²) in [5.41, 5.74) is 3.78. The molecule has 2 N–H and O–H groups in total. The molecule has 2 aromatic rings. The molecule has 0 fully saturated rings. The lowest BCUT2D eigenvalue weighted by molar-refractivity contribution is 0.0952. The van der Waals surface area contributed by atoms with E-state index in [1.165, 1.54) is 0 Å². The zero-order valence-electron chi connectivity index (χ0n) is 13.6. The lowest BCUT2D eigenvalue weighted by Crippen LogP contribution is -2.26. The smallest absolute Gasteiger partial charge is 0.253 e. The van der Waals surface area contributed by atoms with E-state index in [0.29, 0.717) is 6.54 Å². The third-order valence-electron chi connectivity index (χ3n) is 3.66. The minimum absolute atomic E-state index is 0. The molecule has 2 rings (SSSR count). The van der Waals surface area contributed by atoms with Crippen molar-refractivity contribution in [2.75, 3.05) is 20.1 Å². The Morgan fingerprint density at radius 1 is 1.22 bits per heavy atom. The van der Waals surface area contributed by atoms with Gasteiger partial charge in [0.15, 0.2) is 0 Å². The van der Waals surface area contributed by atoms with Gasteiger partial charge in [0.1, 0.15) is 0 Å². The first kappa shape index (κ1) is 19.7. The quantitative estimate of drug-likeness (QED) is 0.728. The molecule has 0 spiro atoms. The Morgan fingerprint density at radius 3 is 2.57 bits per heavy atom. The van der Waals surface area contributed by atoms with Crippen molar-refractivity contribution in [3.63, 3.8) is 0 Å². The Balaban J connectivity index is 0.00000264. The van der Waals surface area contributed by atoms with Crippen LogP contribution in [0.1, 0.15) is 28.2 Å². The summed E-state index contributed by atoms with van der Waals surface area (Å²) < 4.78 is 3.12. The summed E-state index contributed by atoms with van der Waals surface area (Å²) in [4.78, 5) is 12.4. The van der Waals surface area contributed by atoms with Crippen LogP contribution in [0.15, 0.2) is 34.8 Å². The van der Waals surface area contributed by atoms with Gasteiger partial charge in [0.25, 0.3) is 5.91 Å². The molecule has 1 amide bonds. The number of rotatable bonds is 6. The lowest BCUT2D eigenvalue weighted by atomic mass is 10.2. The van der Waals surface area contributed by atoms with Crippen molar-refractivity contribution in [3.8, 4) is 5.69 Å². The minimum atomic E-state index is -0.0116. The van der Waals surface area contributed by atoms with Crippen LogP contribution in [-0.4, -0.2) is 30.6 Å². The molecular weight excluding hydrogens is 378 g/mol. The number of benzene rings is 1. The molecule has 4 nitrogen and oxygen atoms in total. The Bertz CT molecular complexity index is 670. The molecule has 0 unspecified atom stereocenters. The van der Waals surface area contributed by atoms with Crippen molar-refractivity contribution in [3.05, 3.63) is 51.8 Å². The summed E-state index contributed by atoms with van der Waals surface area (Å²) in [7, 11) is 1.91. The summed E-state index contributed by atoms with van der Waals surface area (Å²) in [6, 6.07) is 9.97. The van der Waals surface area contributed by atoms with E-state index in [-0.39, 0.29) is 18.3 Å². The summed E-state index contributed by atoms with van der Waals surface area (Å²) in [6.07, 6.45) is 0.922. The normalized spacial score (nSPS) is 10.3. The molecule has 0 radical (unpaired) electrons. The van der Waals surface area contributed by atoms with Gasteiger partial charge in [0.2, 0.25) is 0 Å². The van der Waals surface area contributed by atoms with Gasteiger partial charge in [-0.2, -0.15) is 0 Å². The molecular formula is C17H23BrClN3O. The number of amides is 1. The molecule has 0 aliphatic carbocycles. The van der Waals surface area contributed by atoms with Gasteiger partial charge in [0, 0.05) is 22.4 Å². The zero-order valence-corrected chi connectivity index (χ0v) is 16.1. The molecule has 23 heavy (non-hydrogen) atoms. The molecule has 6 heteroatoms. The SMILES string of the molecule is CNCCCNC(=O)c1cc(C)n(-c2ccccc2Br)c1C.Cl. The maximum Gasteiger partial charge on any atom is 0.253 e. The van der Waals surface area contributed by atoms with Gasteiger partial charge in [-0.15, -0.1) is 12.4 Å². The van der Waals surface area contributed by atoms with E-state index in [4.69, 9.17) is 0 Å². The fourth-order valence-corrected chi connectivity index (χ4v) is 3.02. The molecule has 1 aromatic heterocycles. The van der Waals surface area contributed by atoms with Gasteiger partial charge in [-0.1, -0.05) is 12.1 Å². The molecule has 1 heterocycles. The molecule has 0 atom stereocenters. The molecule has 0 aliphatic heterocycles. The predicted molar refractivity (Wildman–Crippen MR) is 101 cm³/mol. The number of nitrogens with one attached hydrogen (secondary N) is 2. The molecule has 0 bridgehead atoms. The predicted octanol–water partition coefficient (Wildman–Crippen LogP) is 3.62. The maximum absolute atomic E-state index is 12.4. The van der Waals surface area contributed by atoms with Gasteiger partial charge >= 0.3 is 0 Å². The van der Waals surface area contributed by atoms with Crippen LogP contribution in [0.2, 0.25) is 0 Å². The van der Waals surface area contributed by atoms with Crippen LogP contribution in [0.4, 0.5) is 0 Å². The monoisotopic (exact) mass is 399 g/mol. The van der Waals surface area contributed by atoms with Gasteiger partial charge in [-0.3, -0.25) is 4.79 Å². The number of hydrogen-bond acceptors (Lipinski definition) is 2. The molecule has 0 aliphatic rings. The third-order valence-corrected chi connectivity index (χ3v) is 4.33. The number of aromatic nitrogens is 1. The van der Waals surface area contributed by atoms with Gasteiger partial charge < -0.3 is 15.2 Å². The van der Waals surface area contributed by atoms with E-state index in [1.54, 1.807) is 0 Å². The van der Waals surface area contributed by atoms with Crippen LogP contribution < -0.4 is 10.6 Å². The van der Waals surface area contributed by atoms with Crippen molar-refractivity contribution >= 4 is 34.2 Å². The van der Waals surface area contributed by atoms with Crippen molar-refractivity contribution in [1.82, 2.24) is 15.2 Å². The Hall–Kier alpha value is -1.30. The van der Waals surface area contributed by atoms with E-state index in [9.17, 15) is 4.79 Å². The van der Waals surface area contributed by atoms with Crippen LogP contribution in [-0.2, 0) is 0 Å². The number of carbonyl (C=O) groups excluding carboxylic acids is 1. The highest BCUT2D eigenvalue weighted by Gasteiger charge is 2.17. The maximum atomic E-state index is 12.4. The first-order valence-electron chi connectivity index (χ1n) is 7.43. The van der Waals surface area contributed by atoms with Crippen LogP contribution >= 0.6 is 28.3 Å². The summed E-state index contributed by atoms with van der Waals surface area (Å²) in [5, 5.41) is 6.05. The zero-order chi connectivity index (χ0) is 16.1. The van der Waals surface area contributed by atoms with Crippen LogP contribution in [0.25, 0.3) is 5.69 Å². The Morgan fingerprint density at radius 2 is 1.91 bits per heavy atom. The van der Waals surface area contributed by atoms with Crippen molar-refractivity contribution in [2.24, 2.45) is 0 Å². The second-order valence-corrected chi connectivity index (χ2v) is 6.14. The number of para-hydroxylation sites is 1. The second-order valence-electron chi connectivity index (χ2n) is 5.28. The van der Waals surface area contributed by atoms with Gasteiger partial charge in [-0.05, 0) is 68.0 Å². The second kappa shape index (κ2) is 9.11. The Labute approximate surface area is 152 Å². The van der Waals surface area contributed by atoms with Crippen molar-refractivity contribution in [2.45, 2.75) is 20.3 Å². The average Bonchev–Trinajstić information content (AvgIpc) is 2.79. The fourth-order valence-electron chi connectivity index (χ4n) is 2.56. The van der Waals surface area contributed by atoms with Crippen LogP contribution in [0.3, 0.4) is 0 Å². The number of aryl methyl sites for hydroxylation is 1. The van der Waals surface area contributed by atoms with E-state index in [0.717, 1.165) is 40.1 Å². The molecule has 126 valence electrons.